The van der Waals surface area contributed by atoms with Crippen LogP contribution in [0.1, 0.15) is 5.56 Å². The van der Waals surface area contributed by atoms with E-state index in [2.05, 4.69) is 21.4 Å². The SMILES string of the molecule is COc1ccccc1Oc1cccc(CCNc2ncnc3ccc(N)cc23)c1. The molecule has 0 radical (unpaired) electrons. The molecule has 1 aromatic heterocycles. The van der Waals surface area contributed by atoms with Crippen LogP contribution in [-0.2, 0) is 6.42 Å². The molecular formula is C23H22N4O2. The standard InChI is InChI=1S/C23H22N4O2/c1-28-21-7-2-3-8-22(21)29-18-6-4-5-16(13-18)11-12-25-23-19-14-17(24)9-10-20(19)26-15-27-23/h2-10,13-15H,11-12,24H2,1H3,(H,25,26,27). The molecule has 0 fully saturated rings. The first-order chi connectivity index (χ1) is 14.2. The molecule has 0 saturated carbocycles. The largest absolute Gasteiger partial charge is 0.493 e. The summed E-state index contributed by atoms with van der Waals surface area (Å²) >= 11 is 0. The quantitative estimate of drug-likeness (QED) is 0.449. The van der Waals surface area contributed by atoms with Crippen LogP contribution in [0.3, 0.4) is 0 Å². The number of hydrogen-bond donors (Lipinski definition) is 2. The topological polar surface area (TPSA) is 82.3 Å². The summed E-state index contributed by atoms with van der Waals surface area (Å²) in [6.45, 7) is 0.721. The van der Waals surface area contributed by atoms with Crippen molar-refractivity contribution in [1.82, 2.24) is 9.97 Å². The molecule has 0 unspecified atom stereocenters. The van der Waals surface area contributed by atoms with E-state index in [4.69, 9.17) is 15.2 Å². The summed E-state index contributed by atoms with van der Waals surface area (Å²) in [5.41, 5.74) is 8.62. The number of ether oxygens (including phenoxy) is 2. The maximum absolute atomic E-state index is 6.00. The number of rotatable bonds is 7. The Morgan fingerprint density at radius 3 is 2.66 bits per heavy atom. The van der Waals surface area contributed by atoms with Gasteiger partial charge in [-0.1, -0.05) is 24.3 Å². The normalized spacial score (nSPS) is 10.7. The molecule has 29 heavy (non-hydrogen) atoms. The zero-order chi connectivity index (χ0) is 20.1. The summed E-state index contributed by atoms with van der Waals surface area (Å²) in [6.07, 6.45) is 2.37. The first-order valence-electron chi connectivity index (χ1n) is 9.37. The third-order valence-electron chi connectivity index (χ3n) is 4.56. The fraction of sp³-hybridized carbons (Fsp3) is 0.130. The lowest BCUT2D eigenvalue weighted by Crippen LogP contribution is -2.07. The number of anilines is 2. The van der Waals surface area contributed by atoms with Crippen LogP contribution < -0.4 is 20.5 Å². The highest BCUT2D eigenvalue weighted by Gasteiger charge is 2.06. The second-order valence-electron chi connectivity index (χ2n) is 6.58. The van der Waals surface area contributed by atoms with Gasteiger partial charge < -0.3 is 20.5 Å². The van der Waals surface area contributed by atoms with Crippen LogP contribution in [0.4, 0.5) is 11.5 Å². The van der Waals surface area contributed by atoms with E-state index >= 15 is 0 Å². The molecule has 6 heteroatoms. The van der Waals surface area contributed by atoms with Crippen molar-refractivity contribution in [2.45, 2.75) is 6.42 Å². The summed E-state index contributed by atoms with van der Waals surface area (Å²) < 4.78 is 11.3. The minimum Gasteiger partial charge on any atom is -0.493 e. The zero-order valence-corrected chi connectivity index (χ0v) is 16.1. The maximum Gasteiger partial charge on any atom is 0.169 e. The molecule has 4 aromatic rings. The van der Waals surface area contributed by atoms with E-state index in [0.29, 0.717) is 17.2 Å². The minimum absolute atomic E-state index is 0.690. The predicted octanol–water partition coefficient (Wildman–Crippen LogP) is 4.67. The second-order valence-corrected chi connectivity index (χ2v) is 6.58. The number of nitrogens with zero attached hydrogens (tertiary/aromatic N) is 2. The summed E-state index contributed by atoms with van der Waals surface area (Å²) in [6, 6.07) is 21.3. The zero-order valence-electron chi connectivity index (χ0n) is 16.1. The van der Waals surface area contributed by atoms with E-state index in [1.54, 1.807) is 13.4 Å². The first kappa shape index (κ1) is 18.6. The number of para-hydroxylation sites is 2. The van der Waals surface area contributed by atoms with Crippen molar-refractivity contribution in [3.05, 3.63) is 78.6 Å². The number of nitrogen functional groups attached to an aromatic ring is 1. The first-order valence-corrected chi connectivity index (χ1v) is 9.37. The molecule has 0 amide bonds. The van der Waals surface area contributed by atoms with Crippen molar-refractivity contribution in [3.8, 4) is 17.2 Å². The van der Waals surface area contributed by atoms with Crippen LogP contribution in [0.2, 0.25) is 0 Å². The average molecular weight is 386 g/mol. The highest BCUT2D eigenvalue weighted by molar-refractivity contribution is 5.91. The molecular weight excluding hydrogens is 364 g/mol. The van der Waals surface area contributed by atoms with E-state index < -0.39 is 0 Å². The lowest BCUT2D eigenvalue weighted by molar-refractivity contribution is 0.379. The molecule has 0 atom stereocenters. The van der Waals surface area contributed by atoms with Gasteiger partial charge in [-0.3, -0.25) is 0 Å². The van der Waals surface area contributed by atoms with Crippen LogP contribution in [0.15, 0.2) is 73.1 Å². The third kappa shape index (κ3) is 4.38. The van der Waals surface area contributed by atoms with Crippen molar-refractivity contribution in [2.24, 2.45) is 0 Å². The lowest BCUT2D eigenvalue weighted by atomic mass is 10.1. The molecule has 1 heterocycles. The Morgan fingerprint density at radius 2 is 1.79 bits per heavy atom. The molecule has 0 bridgehead atoms. The number of nitrogens with two attached hydrogens (primary N) is 1. The molecule has 0 aliphatic carbocycles. The third-order valence-corrected chi connectivity index (χ3v) is 4.56. The highest BCUT2D eigenvalue weighted by Crippen LogP contribution is 2.31. The summed E-state index contributed by atoms with van der Waals surface area (Å²) in [5.74, 6) is 2.95. The van der Waals surface area contributed by atoms with Gasteiger partial charge in [0.25, 0.3) is 0 Å². The Morgan fingerprint density at radius 1 is 0.931 bits per heavy atom. The number of methoxy groups -OCH3 is 1. The smallest absolute Gasteiger partial charge is 0.169 e. The average Bonchev–Trinajstić information content (AvgIpc) is 2.75. The number of benzene rings is 3. The van der Waals surface area contributed by atoms with Gasteiger partial charge in [-0.25, -0.2) is 9.97 Å². The van der Waals surface area contributed by atoms with Gasteiger partial charge in [0.2, 0.25) is 0 Å². The van der Waals surface area contributed by atoms with Crippen LogP contribution in [0.5, 0.6) is 17.2 Å². The monoisotopic (exact) mass is 386 g/mol. The van der Waals surface area contributed by atoms with E-state index in [-0.39, 0.29) is 0 Å². The molecule has 0 aliphatic heterocycles. The fourth-order valence-corrected chi connectivity index (χ4v) is 3.13. The van der Waals surface area contributed by atoms with Gasteiger partial charge >= 0.3 is 0 Å². The lowest BCUT2D eigenvalue weighted by Gasteiger charge is -2.12. The summed E-state index contributed by atoms with van der Waals surface area (Å²) in [7, 11) is 1.63. The molecule has 3 N–H and O–H groups in total. The molecule has 4 rings (SSSR count). The van der Waals surface area contributed by atoms with Crippen LogP contribution in [0.25, 0.3) is 10.9 Å². The van der Waals surface area contributed by atoms with Gasteiger partial charge in [0.1, 0.15) is 17.9 Å². The van der Waals surface area contributed by atoms with Crippen LogP contribution >= 0.6 is 0 Å². The number of hydrogen-bond acceptors (Lipinski definition) is 6. The summed E-state index contributed by atoms with van der Waals surface area (Å²) in [4.78, 5) is 8.64. The number of aromatic nitrogens is 2. The number of nitrogens with one attached hydrogen (secondary N) is 1. The van der Waals surface area contributed by atoms with Crippen molar-refractivity contribution in [2.75, 3.05) is 24.7 Å². The summed E-state index contributed by atoms with van der Waals surface area (Å²) in [5, 5.41) is 4.30. The predicted molar refractivity (Wildman–Crippen MR) is 116 cm³/mol. The van der Waals surface area contributed by atoms with E-state index in [9.17, 15) is 0 Å². The second kappa shape index (κ2) is 8.48. The minimum atomic E-state index is 0.690. The van der Waals surface area contributed by atoms with Crippen molar-refractivity contribution in [1.29, 1.82) is 0 Å². The number of fused-ring (bicyclic) bond motifs is 1. The highest BCUT2D eigenvalue weighted by atomic mass is 16.5. The Labute approximate surface area is 169 Å². The Kier molecular flexibility index (Phi) is 5.42. The Hall–Kier alpha value is -3.80. The fourth-order valence-electron chi connectivity index (χ4n) is 3.13. The Balaban J connectivity index is 1.43. The molecule has 0 spiro atoms. The van der Waals surface area contributed by atoms with Gasteiger partial charge in [-0.05, 0) is 54.4 Å². The van der Waals surface area contributed by atoms with Gasteiger partial charge in [0.05, 0.1) is 12.6 Å². The molecule has 146 valence electrons. The van der Waals surface area contributed by atoms with Gasteiger partial charge in [0, 0.05) is 17.6 Å². The van der Waals surface area contributed by atoms with Crippen LogP contribution in [-0.4, -0.2) is 23.6 Å². The maximum atomic E-state index is 6.00. The van der Waals surface area contributed by atoms with Crippen LogP contribution in [0, 0.1) is 0 Å². The molecule has 3 aromatic carbocycles. The van der Waals surface area contributed by atoms with E-state index in [1.165, 1.54) is 0 Å². The van der Waals surface area contributed by atoms with Gasteiger partial charge in [-0.15, -0.1) is 0 Å². The molecule has 0 saturated heterocycles. The van der Waals surface area contributed by atoms with E-state index in [1.807, 2.05) is 60.7 Å². The van der Waals surface area contributed by atoms with Crippen molar-refractivity contribution in [3.63, 3.8) is 0 Å². The molecule has 0 aliphatic rings. The molecule has 6 nitrogen and oxygen atoms in total. The van der Waals surface area contributed by atoms with E-state index in [0.717, 1.165) is 41.0 Å². The van der Waals surface area contributed by atoms with Crippen molar-refractivity contribution < 1.29 is 9.47 Å². The Bertz CT molecular complexity index is 1130. The van der Waals surface area contributed by atoms with Gasteiger partial charge in [0.15, 0.2) is 11.5 Å². The van der Waals surface area contributed by atoms with Crippen molar-refractivity contribution >= 4 is 22.4 Å². The van der Waals surface area contributed by atoms with Gasteiger partial charge in [-0.2, -0.15) is 0 Å².